The lowest BCUT2D eigenvalue weighted by molar-refractivity contribution is 0.0273. The molecule has 0 unspecified atom stereocenters. The minimum absolute atomic E-state index is 0.0367. The minimum atomic E-state index is -1.25. The van der Waals surface area contributed by atoms with Gasteiger partial charge in [-0.05, 0) is 111 Å². The predicted molar refractivity (Wildman–Crippen MR) is 268 cm³/mol. The summed E-state index contributed by atoms with van der Waals surface area (Å²) in [6.07, 6.45) is 3.44. The van der Waals surface area contributed by atoms with Crippen LogP contribution in [-0.4, -0.2) is 94.0 Å². The van der Waals surface area contributed by atoms with E-state index in [0.29, 0.717) is 67.5 Å². The molecular formula is C54H48N6O12. The topological polar surface area (TPSA) is 265 Å². The number of fused-ring (bicyclic) bond motifs is 2. The van der Waals surface area contributed by atoms with E-state index in [2.05, 4.69) is 10.6 Å². The molecule has 0 aliphatic rings. The number of anilines is 4. The lowest BCUT2D eigenvalue weighted by Gasteiger charge is -2.11. The number of hydrogen-bond acceptors (Lipinski definition) is 12. The van der Waals surface area contributed by atoms with E-state index in [4.69, 9.17) is 30.4 Å². The van der Waals surface area contributed by atoms with E-state index in [9.17, 15) is 39.0 Å². The van der Waals surface area contributed by atoms with Gasteiger partial charge < -0.3 is 60.1 Å². The highest BCUT2D eigenvalue weighted by atomic mass is 16.6. The summed E-state index contributed by atoms with van der Waals surface area (Å²) < 4.78 is 26.4. The first-order chi connectivity index (χ1) is 34.7. The van der Waals surface area contributed by atoms with E-state index in [1.54, 1.807) is 120 Å². The van der Waals surface area contributed by atoms with Crippen LogP contribution in [0.25, 0.3) is 11.0 Å². The van der Waals surface area contributed by atoms with E-state index in [1.807, 2.05) is 0 Å². The summed E-state index contributed by atoms with van der Waals surface area (Å²) in [5, 5.41) is 25.0. The van der Waals surface area contributed by atoms with Crippen molar-refractivity contribution in [1.29, 1.82) is 0 Å². The van der Waals surface area contributed by atoms with Crippen LogP contribution >= 0.6 is 0 Å². The van der Waals surface area contributed by atoms with Gasteiger partial charge >= 0.3 is 11.9 Å². The van der Waals surface area contributed by atoms with Gasteiger partial charge in [-0.1, -0.05) is 24.3 Å². The number of aromatic nitrogens is 2. The number of carboxylic acid groups (broad SMARTS) is 2. The van der Waals surface area contributed by atoms with Crippen molar-refractivity contribution < 1.29 is 57.9 Å². The molecule has 0 fully saturated rings. The largest absolute Gasteiger partial charge is 0.491 e. The molecular weight excluding hydrogens is 925 g/mol. The average molecular weight is 973 g/mol. The number of nitrogens with one attached hydrogen (secondary N) is 2. The summed E-state index contributed by atoms with van der Waals surface area (Å²) in [5.41, 5.74) is 14.9. The molecule has 366 valence electrons. The van der Waals surface area contributed by atoms with E-state index < -0.39 is 35.3 Å². The number of carbonyl (C=O) groups is 6. The Bertz CT molecular complexity index is 3210. The smallest absolute Gasteiger partial charge is 0.337 e. The van der Waals surface area contributed by atoms with Gasteiger partial charge in [-0.25, -0.2) is 9.59 Å². The summed E-state index contributed by atoms with van der Waals surface area (Å²) in [6, 6.07) is 32.0. The maximum absolute atomic E-state index is 13.8. The monoisotopic (exact) mass is 972 g/mol. The van der Waals surface area contributed by atoms with Gasteiger partial charge in [0.05, 0.1) is 59.7 Å². The molecule has 0 bridgehead atoms. The lowest BCUT2D eigenvalue weighted by Crippen LogP contribution is -2.15. The number of carboxylic acids is 2. The number of amides is 2. The normalized spacial score (nSPS) is 11.1. The number of nitrogens with zero attached hydrogens (tertiary/aromatic N) is 2. The van der Waals surface area contributed by atoms with Crippen LogP contribution in [0.5, 0.6) is 11.5 Å². The quantitative estimate of drug-likeness (QED) is 0.0228. The lowest BCUT2D eigenvalue weighted by atomic mass is 9.98. The molecule has 0 spiro atoms. The van der Waals surface area contributed by atoms with E-state index in [-0.39, 0.29) is 73.3 Å². The van der Waals surface area contributed by atoms with Crippen molar-refractivity contribution in [3.8, 4) is 11.5 Å². The van der Waals surface area contributed by atoms with Crippen LogP contribution in [0.2, 0.25) is 0 Å². The van der Waals surface area contributed by atoms with E-state index >= 15 is 0 Å². The van der Waals surface area contributed by atoms with Gasteiger partial charge in [0.1, 0.15) is 36.3 Å². The molecule has 4 aromatic carbocycles. The van der Waals surface area contributed by atoms with Gasteiger partial charge in [0.15, 0.2) is 11.6 Å². The second-order valence-electron chi connectivity index (χ2n) is 16.4. The molecule has 72 heavy (non-hydrogen) atoms. The highest BCUT2D eigenvalue weighted by Crippen LogP contribution is 2.33. The Labute approximate surface area is 411 Å². The first-order valence-electron chi connectivity index (χ1n) is 22.5. The summed E-state index contributed by atoms with van der Waals surface area (Å²) >= 11 is 0. The highest BCUT2D eigenvalue weighted by molar-refractivity contribution is 6.18. The third-order valence-corrected chi connectivity index (χ3v) is 11.7. The predicted octanol–water partition coefficient (Wildman–Crippen LogP) is 7.83. The van der Waals surface area contributed by atoms with Crippen LogP contribution in [0.3, 0.4) is 0 Å². The van der Waals surface area contributed by atoms with Crippen LogP contribution in [0, 0.1) is 13.8 Å². The van der Waals surface area contributed by atoms with Crippen LogP contribution < -0.4 is 31.6 Å². The number of carbonyl (C=O) groups excluding carboxylic acids is 4. The second-order valence-corrected chi connectivity index (χ2v) is 16.4. The van der Waals surface area contributed by atoms with Crippen molar-refractivity contribution in [3.63, 3.8) is 0 Å². The molecule has 18 heteroatoms. The number of rotatable bonds is 21. The molecule has 8 N–H and O–H groups in total. The number of aromatic carboxylic acids is 2. The Morgan fingerprint density at radius 3 is 1.29 bits per heavy atom. The molecule has 8 aromatic rings. The fourth-order valence-corrected chi connectivity index (χ4v) is 8.17. The number of nitrogens with two attached hydrogens (primary N) is 2. The SMILES string of the molecule is Cc1c(C(=O)c2ccc(N)c(C(=O)O)c2)c2ccccn2c1NC(=O)c1cccc(OCCOCCOCCOc2cccc(C(=O)Nc3c(C)c(C(=O)c4ccc(N)c(C(=O)O)c4)c4ccccn34)c2)c1. The van der Waals surface area contributed by atoms with E-state index in [1.165, 1.54) is 36.4 Å². The molecule has 0 aliphatic carbocycles. The molecule has 0 radical (unpaired) electrons. The van der Waals surface area contributed by atoms with Gasteiger partial charge in [0.2, 0.25) is 0 Å². The fraction of sp³-hybridized carbons (Fsp3) is 0.148. The molecule has 0 saturated heterocycles. The number of hydrogen-bond donors (Lipinski definition) is 6. The number of benzene rings is 4. The Morgan fingerprint density at radius 2 is 0.889 bits per heavy atom. The van der Waals surface area contributed by atoms with Gasteiger partial charge in [0.25, 0.3) is 11.8 Å². The maximum atomic E-state index is 13.8. The molecule has 0 aliphatic heterocycles. The highest BCUT2D eigenvalue weighted by Gasteiger charge is 2.26. The number of ketones is 2. The van der Waals surface area contributed by atoms with Crippen LogP contribution in [-0.2, 0) is 9.47 Å². The molecule has 8 rings (SSSR count). The summed E-state index contributed by atoms with van der Waals surface area (Å²) in [7, 11) is 0. The van der Waals surface area contributed by atoms with Crippen molar-refractivity contribution in [1.82, 2.24) is 8.80 Å². The molecule has 4 aromatic heterocycles. The van der Waals surface area contributed by atoms with Crippen molar-refractivity contribution in [2.24, 2.45) is 0 Å². The van der Waals surface area contributed by atoms with Crippen molar-refractivity contribution >= 4 is 69.4 Å². The first kappa shape index (κ1) is 49.2. The Hall–Kier alpha value is -9.26. The van der Waals surface area contributed by atoms with Crippen molar-refractivity contribution in [2.75, 3.05) is 61.7 Å². The summed E-state index contributed by atoms with van der Waals surface area (Å²) in [5.74, 6) is -2.61. The zero-order chi connectivity index (χ0) is 51.1. The molecule has 4 heterocycles. The number of ether oxygens (including phenoxy) is 4. The molecule has 2 amide bonds. The summed E-state index contributed by atoms with van der Waals surface area (Å²) in [4.78, 5) is 78.1. The molecule has 0 saturated carbocycles. The Balaban J connectivity index is 0.778. The zero-order valence-corrected chi connectivity index (χ0v) is 39.0. The Kier molecular flexibility index (Phi) is 14.7. The van der Waals surface area contributed by atoms with Gasteiger partial charge in [-0.3, -0.25) is 19.2 Å². The Morgan fingerprint density at radius 1 is 0.486 bits per heavy atom. The fourth-order valence-electron chi connectivity index (χ4n) is 8.17. The van der Waals surface area contributed by atoms with Crippen LogP contribution in [0.15, 0.2) is 134 Å². The van der Waals surface area contributed by atoms with Crippen LogP contribution in [0.4, 0.5) is 23.0 Å². The number of pyridine rings is 2. The third-order valence-electron chi connectivity index (χ3n) is 11.7. The molecule has 18 nitrogen and oxygen atoms in total. The standard InChI is InChI=1S/C54H48N6O12/c1-31-45(47(61)33-15-17-41(55)39(29-33)53(65)66)43-13-3-5-19-59(43)49(31)57-51(63)35-9-7-11-37(27-35)71-25-23-69-21-22-70-24-26-72-38-12-8-10-36(28-38)52(64)58-50-32(2)46(44-14-4-6-20-60(44)50)48(62)34-16-18-42(56)40(30-34)54(67)68/h3-20,27-30H,21-26,55-56H2,1-2H3,(H,57,63)(H,58,64)(H,65,66)(H,67,68). The van der Waals surface area contributed by atoms with E-state index in [0.717, 1.165) is 0 Å². The average Bonchev–Trinajstić information content (AvgIpc) is 3.82. The molecule has 0 atom stereocenters. The summed E-state index contributed by atoms with van der Waals surface area (Å²) in [6.45, 7) is 4.84. The van der Waals surface area contributed by atoms with Crippen LogP contribution in [0.1, 0.15) is 84.4 Å². The minimum Gasteiger partial charge on any atom is -0.491 e. The van der Waals surface area contributed by atoms with Gasteiger partial charge in [-0.15, -0.1) is 0 Å². The zero-order valence-electron chi connectivity index (χ0n) is 39.0. The number of nitrogen functional groups attached to an aromatic ring is 2. The van der Waals surface area contributed by atoms with Crippen molar-refractivity contribution in [2.45, 2.75) is 13.8 Å². The van der Waals surface area contributed by atoms with Crippen molar-refractivity contribution in [3.05, 3.63) is 189 Å². The second kappa shape index (κ2) is 21.6. The van der Waals surface area contributed by atoms with Gasteiger partial charge in [-0.2, -0.15) is 0 Å². The first-order valence-corrected chi connectivity index (χ1v) is 22.5. The van der Waals surface area contributed by atoms with Gasteiger partial charge in [0, 0.05) is 57.1 Å². The third kappa shape index (κ3) is 10.5. The maximum Gasteiger partial charge on any atom is 0.337 e.